The number of allylic oxidation sites excluding steroid dienone is 4. The molecule has 3 aliphatic heterocycles. The van der Waals surface area contributed by atoms with Crippen molar-refractivity contribution < 1.29 is 75.7 Å². The minimum absolute atomic E-state index is 0. The lowest BCUT2D eigenvalue weighted by molar-refractivity contribution is -0.401. The van der Waals surface area contributed by atoms with Crippen molar-refractivity contribution in [2.24, 2.45) is 10.2 Å². The van der Waals surface area contributed by atoms with E-state index in [4.69, 9.17) is 0 Å². The SMILES string of the molecule is C[N+]1=C(/C=C/C=C2/N(CCCCC(=O)NCCCC[C@H](NC(=O)c3ccc(C4(C(F)(F)F)N=N4)cc3)C(=O)NCC(=O)NCC(=O)N[C@@H](Cc3ccccc3)C(=O)NO)c3ccccc3C2(C)C)C(C)(C)c2ccccc21.[I-]. The fraction of sp³-hybridized carbons (Fsp3) is 0.386. The Kier molecular flexibility index (Phi) is 19.9. The summed E-state index contributed by atoms with van der Waals surface area (Å²) in [5, 5.41) is 28.3. The molecule has 7 N–H and O–H groups in total. The molecule has 0 radical (unpaired) electrons. The topological polar surface area (TPSA) is 226 Å². The minimum atomic E-state index is -4.77. The van der Waals surface area contributed by atoms with Gasteiger partial charge in [-0.25, -0.2) is 5.48 Å². The van der Waals surface area contributed by atoms with Gasteiger partial charge in [0.1, 0.15) is 19.1 Å². The Labute approximate surface area is 468 Å². The van der Waals surface area contributed by atoms with Crippen molar-refractivity contribution in [2.75, 3.05) is 38.1 Å². The summed E-state index contributed by atoms with van der Waals surface area (Å²) < 4.78 is 43.1. The molecular formula is C57H66F3IN10O7. The Morgan fingerprint density at radius 1 is 0.705 bits per heavy atom. The summed E-state index contributed by atoms with van der Waals surface area (Å²) >= 11 is 0. The van der Waals surface area contributed by atoms with Gasteiger partial charge in [0.05, 0.1) is 18.5 Å². The maximum absolute atomic E-state index is 13.6. The molecule has 6 amide bonds. The average Bonchev–Trinajstić information content (AvgIpc) is 4.18. The first kappa shape index (κ1) is 60.0. The number of unbranched alkanes of at least 4 members (excludes halogenated alkanes) is 2. The van der Waals surface area contributed by atoms with E-state index in [1.807, 2.05) is 6.07 Å². The molecule has 3 heterocycles. The number of halogens is 4. The van der Waals surface area contributed by atoms with Gasteiger partial charge in [-0.05, 0) is 81.4 Å². The van der Waals surface area contributed by atoms with Crippen molar-refractivity contribution in [1.82, 2.24) is 32.1 Å². The lowest BCUT2D eigenvalue weighted by Gasteiger charge is -2.27. The van der Waals surface area contributed by atoms with Crippen LogP contribution >= 0.6 is 0 Å². The van der Waals surface area contributed by atoms with Crippen LogP contribution in [0.15, 0.2) is 137 Å². The normalized spacial score (nSPS) is 16.6. The maximum Gasteiger partial charge on any atom is 0.442 e. The van der Waals surface area contributed by atoms with Crippen LogP contribution in [0, 0.1) is 0 Å². The van der Waals surface area contributed by atoms with E-state index < -0.39 is 66.5 Å². The van der Waals surface area contributed by atoms with Crippen LogP contribution in [0.1, 0.15) is 98.8 Å². The zero-order valence-corrected chi connectivity index (χ0v) is 46.3. The van der Waals surface area contributed by atoms with Gasteiger partial charge in [0.2, 0.25) is 29.3 Å². The Morgan fingerprint density at radius 3 is 2.03 bits per heavy atom. The van der Waals surface area contributed by atoms with Crippen molar-refractivity contribution in [1.29, 1.82) is 0 Å². The number of amides is 6. The van der Waals surface area contributed by atoms with Crippen molar-refractivity contribution in [3.8, 4) is 0 Å². The van der Waals surface area contributed by atoms with Gasteiger partial charge in [0.15, 0.2) is 5.71 Å². The van der Waals surface area contributed by atoms with Gasteiger partial charge in [-0.1, -0.05) is 98.8 Å². The van der Waals surface area contributed by atoms with Crippen molar-refractivity contribution in [3.05, 3.63) is 155 Å². The van der Waals surface area contributed by atoms with E-state index in [1.54, 1.807) is 30.3 Å². The average molecular weight is 1190 g/mol. The van der Waals surface area contributed by atoms with Crippen LogP contribution in [0.25, 0.3) is 0 Å². The third-order valence-electron chi connectivity index (χ3n) is 14.3. The fourth-order valence-corrected chi connectivity index (χ4v) is 9.98. The molecule has 4 aromatic carbocycles. The summed E-state index contributed by atoms with van der Waals surface area (Å²) in [4.78, 5) is 80.0. The number of fused-ring (bicyclic) bond motifs is 2. The molecule has 0 aromatic heterocycles. The van der Waals surface area contributed by atoms with Crippen LogP contribution in [-0.2, 0) is 46.9 Å². The van der Waals surface area contributed by atoms with E-state index in [-0.39, 0.29) is 71.2 Å². The van der Waals surface area contributed by atoms with Crippen molar-refractivity contribution in [2.45, 2.75) is 107 Å². The van der Waals surface area contributed by atoms with E-state index in [9.17, 15) is 47.1 Å². The molecule has 78 heavy (non-hydrogen) atoms. The van der Waals surface area contributed by atoms with Gasteiger partial charge in [-0.2, -0.15) is 17.7 Å². The molecule has 0 unspecified atom stereocenters. The largest absolute Gasteiger partial charge is 1.00 e. The lowest BCUT2D eigenvalue weighted by Crippen LogP contribution is -3.00. The number of benzene rings is 4. The maximum atomic E-state index is 13.6. The Morgan fingerprint density at radius 2 is 1.36 bits per heavy atom. The molecule has 7 rings (SSSR count). The molecule has 3 aliphatic rings. The molecule has 0 aliphatic carbocycles. The zero-order valence-electron chi connectivity index (χ0n) is 44.2. The van der Waals surface area contributed by atoms with Gasteiger partial charge in [0.25, 0.3) is 11.8 Å². The predicted octanol–water partition coefficient (Wildman–Crippen LogP) is 3.84. The second kappa shape index (κ2) is 25.9. The van der Waals surface area contributed by atoms with Gasteiger partial charge in [0, 0.05) is 71.6 Å². The van der Waals surface area contributed by atoms with Crippen LogP contribution in [0.5, 0.6) is 0 Å². The monoisotopic (exact) mass is 1190 g/mol. The van der Waals surface area contributed by atoms with Crippen LogP contribution in [0.3, 0.4) is 0 Å². The molecule has 0 saturated carbocycles. The summed E-state index contributed by atoms with van der Waals surface area (Å²) in [5.41, 5.74) is 6.02. The summed E-state index contributed by atoms with van der Waals surface area (Å²) in [6.07, 6.45) is 4.31. The van der Waals surface area contributed by atoms with E-state index in [0.717, 1.165) is 36.4 Å². The van der Waals surface area contributed by atoms with Crippen molar-refractivity contribution >= 4 is 52.5 Å². The highest BCUT2D eigenvalue weighted by atomic mass is 127. The Bertz CT molecular complexity index is 2970. The highest BCUT2D eigenvalue weighted by Gasteiger charge is 2.65. The number of carbonyl (C=O) groups is 6. The third-order valence-corrected chi connectivity index (χ3v) is 14.3. The standard InChI is InChI=1S/C57H65F3N10O7.HI/c1-54(2)40-20-9-11-23-44(40)69(5)46(54)25-17-26-47-55(3,4)41-21-10-12-24-45(41)70(47)33-16-14-27-48(71)61-32-15-13-22-42(65-51(74)38-28-30-39(31-29-38)56(67-68-56)57(58,59)60)52(75)63-35-49(72)62-36-50(73)64-43(53(76)66-77)34-37-18-7-6-8-19-37;/h6-12,17-21,23-26,28-31,42-43H,13-16,22,27,32-36H2,1-5H3,(H6-,61,62,63,64,65,66,67,68,71,72,73,74,75,76,77);1H/t42-,43-;/m0./s1. The zero-order chi connectivity index (χ0) is 55.5. The molecule has 414 valence electrons. The van der Waals surface area contributed by atoms with Gasteiger partial charge >= 0.3 is 11.8 Å². The first-order chi connectivity index (χ1) is 36.7. The number of hydrogen-bond acceptors (Lipinski definition) is 10. The lowest BCUT2D eigenvalue weighted by atomic mass is 9.81. The molecule has 4 aromatic rings. The molecule has 0 saturated heterocycles. The first-order valence-corrected chi connectivity index (χ1v) is 25.6. The van der Waals surface area contributed by atoms with E-state index in [1.165, 1.54) is 33.7 Å². The number of hydrogen-bond donors (Lipinski definition) is 7. The third kappa shape index (κ3) is 14.1. The molecule has 0 bridgehead atoms. The minimum Gasteiger partial charge on any atom is -1.00 e. The van der Waals surface area contributed by atoms with Gasteiger partial charge in [-0.15, -0.1) is 10.2 Å². The number of rotatable bonds is 24. The fourth-order valence-electron chi connectivity index (χ4n) is 9.98. The quantitative estimate of drug-likeness (QED) is 0.0179. The van der Waals surface area contributed by atoms with Crippen LogP contribution in [-0.4, -0.2) is 102 Å². The number of alkyl halides is 3. The molecular weight excluding hydrogens is 1120 g/mol. The van der Waals surface area contributed by atoms with Crippen LogP contribution < -0.4 is 60.9 Å². The second-order valence-electron chi connectivity index (χ2n) is 20.3. The van der Waals surface area contributed by atoms with Gasteiger partial charge in [-0.3, -0.25) is 34.0 Å². The van der Waals surface area contributed by atoms with Crippen LogP contribution in [0.2, 0.25) is 0 Å². The number of hydroxylamine groups is 1. The Hall–Kier alpha value is -7.27. The number of nitrogens with one attached hydrogen (secondary N) is 6. The summed E-state index contributed by atoms with van der Waals surface area (Å²) in [6, 6.07) is 27.7. The number of nitrogens with zero attached hydrogens (tertiary/aromatic N) is 4. The number of carbonyl (C=O) groups excluding carboxylic acids is 6. The molecule has 21 heteroatoms. The molecule has 17 nitrogen and oxygen atoms in total. The second-order valence-corrected chi connectivity index (χ2v) is 20.3. The predicted molar refractivity (Wildman–Crippen MR) is 283 cm³/mol. The highest BCUT2D eigenvalue weighted by molar-refractivity contribution is 6.03. The smallest absolute Gasteiger partial charge is 0.442 e. The van der Waals surface area contributed by atoms with E-state index >= 15 is 0 Å². The summed E-state index contributed by atoms with van der Waals surface area (Å²) in [7, 11) is 2.10. The molecule has 0 fully saturated rings. The first-order valence-electron chi connectivity index (χ1n) is 25.6. The van der Waals surface area contributed by atoms with E-state index in [2.05, 4.69) is 142 Å². The molecule has 0 spiro atoms. The van der Waals surface area contributed by atoms with E-state index in [0.29, 0.717) is 37.8 Å². The number of anilines is 1. The highest BCUT2D eigenvalue weighted by Crippen LogP contribution is 2.52. The molecule has 2 atom stereocenters. The Balaban J connectivity index is 0.00000984. The summed E-state index contributed by atoms with van der Waals surface area (Å²) in [6.45, 7) is 8.75. The van der Waals surface area contributed by atoms with Crippen molar-refractivity contribution in [3.63, 3.8) is 0 Å². The number of para-hydroxylation sites is 2. The summed E-state index contributed by atoms with van der Waals surface area (Å²) in [5.74, 6) is -4.09. The van der Waals surface area contributed by atoms with Crippen LogP contribution in [0.4, 0.5) is 24.5 Å². The van der Waals surface area contributed by atoms with Gasteiger partial charge < -0.3 is 55.5 Å².